The normalized spacial score (nSPS) is 10.8. The summed E-state index contributed by atoms with van der Waals surface area (Å²) in [7, 11) is 0. The second-order valence-corrected chi connectivity index (χ2v) is 6.80. The lowest BCUT2D eigenvalue weighted by atomic mass is 10.2. The fourth-order valence-electron chi connectivity index (χ4n) is 1.97. The topological polar surface area (TPSA) is 50.7 Å². The van der Waals surface area contributed by atoms with E-state index < -0.39 is 0 Å². The number of hydrogen-bond acceptors (Lipinski definition) is 3. The van der Waals surface area contributed by atoms with Crippen molar-refractivity contribution in [2.24, 2.45) is 5.10 Å². The van der Waals surface area contributed by atoms with Crippen molar-refractivity contribution in [2.45, 2.75) is 13.8 Å². The van der Waals surface area contributed by atoms with E-state index in [0.717, 1.165) is 25.6 Å². The highest BCUT2D eigenvalue weighted by molar-refractivity contribution is 9.11. The Bertz CT molecular complexity index is 722. The molecule has 0 bridgehead atoms. The van der Waals surface area contributed by atoms with Crippen LogP contribution in [0.1, 0.15) is 16.7 Å². The van der Waals surface area contributed by atoms with Gasteiger partial charge in [-0.2, -0.15) is 5.10 Å². The molecule has 1 N–H and O–H groups in total. The maximum atomic E-state index is 11.8. The molecule has 0 radical (unpaired) electrons. The van der Waals surface area contributed by atoms with Crippen LogP contribution in [0.2, 0.25) is 0 Å². The second-order valence-electron chi connectivity index (χ2n) is 5.03. The summed E-state index contributed by atoms with van der Waals surface area (Å²) in [6, 6.07) is 11.6. The summed E-state index contributed by atoms with van der Waals surface area (Å²) >= 11 is 6.83. The zero-order valence-electron chi connectivity index (χ0n) is 12.8. The van der Waals surface area contributed by atoms with Gasteiger partial charge in [0.1, 0.15) is 5.75 Å². The Morgan fingerprint density at radius 1 is 1.26 bits per heavy atom. The van der Waals surface area contributed by atoms with Gasteiger partial charge in [0, 0.05) is 4.47 Å². The Hall–Kier alpha value is -1.66. The number of hydrazone groups is 1. The van der Waals surface area contributed by atoms with Crippen LogP contribution in [0.3, 0.4) is 0 Å². The Morgan fingerprint density at radius 3 is 2.74 bits per heavy atom. The average Bonchev–Trinajstić information content (AvgIpc) is 2.46. The molecule has 0 aliphatic carbocycles. The summed E-state index contributed by atoms with van der Waals surface area (Å²) in [4.78, 5) is 11.8. The minimum atomic E-state index is -0.317. The molecule has 2 rings (SSSR count). The molecule has 6 heteroatoms. The highest BCUT2D eigenvalue weighted by Crippen LogP contribution is 2.32. The van der Waals surface area contributed by atoms with Crippen LogP contribution in [-0.4, -0.2) is 18.7 Å². The number of carbonyl (C=O) groups is 1. The number of ether oxygens (including phenoxy) is 1. The number of halogens is 2. The minimum absolute atomic E-state index is 0.105. The highest BCUT2D eigenvalue weighted by Gasteiger charge is 2.09. The smallest absolute Gasteiger partial charge is 0.277 e. The molecule has 2 aromatic rings. The molecule has 0 spiro atoms. The third-order valence-electron chi connectivity index (χ3n) is 2.99. The van der Waals surface area contributed by atoms with Gasteiger partial charge >= 0.3 is 0 Å². The summed E-state index contributed by atoms with van der Waals surface area (Å²) in [6.45, 7) is 3.81. The summed E-state index contributed by atoms with van der Waals surface area (Å²) in [5, 5.41) is 3.93. The predicted molar refractivity (Wildman–Crippen MR) is 99.0 cm³/mol. The van der Waals surface area contributed by atoms with Crippen LogP contribution in [-0.2, 0) is 4.79 Å². The molecule has 0 fully saturated rings. The molecule has 4 nitrogen and oxygen atoms in total. The van der Waals surface area contributed by atoms with Crippen molar-refractivity contribution in [2.75, 3.05) is 6.61 Å². The van der Waals surface area contributed by atoms with E-state index >= 15 is 0 Å². The molecule has 0 atom stereocenters. The molecular weight excluding hydrogens is 424 g/mol. The lowest BCUT2D eigenvalue weighted by Crippen LogP contribution is -2.24. The van der Waals surface area contributed by atoms with Gasteiger partial charge in [0.15, 0.2) is 6.61 Å². The number of aryl methyl sites for hydroxylation is 2. The Kier molecular flexibility index (Phi) is 6.36. The van der Waals surface area contributed by atoms with E-state index in [4.69, 9.17) is 4.74 Å². The van der Waals surface area contributed by atoms with Gasteiger partial charge in [-0.1, -0.05) is 45.8 Å². The second kappa shape index (κ2) is 8.26. The minimum Gasteiger partial charge on any atom is -0.482 e. The van der Waals surface area contributed by atoms with Gasteiger partial charge in [0.25, 0.3) is 5.91 Å². The number of nitrogens with one attached hydrogen (secondary N) is 1. The molecular formula is C17H16Br2N2O2. The van der Waals surface area contributed by atoms with E-state index in [9.17, 15) is 4.79 Å². The molecule has 0 heterocycles. The van der Waals surface area contributed by atoms with Gasteiger partial charge in [-0.25, -0.2) is 5.43 Å². The van der Waals surface area contributed by atoms with Crippen LogP contribution in [0.5, 0.6) is 5.75 Å². The zero-order valence-corrected chi connectivity index (χ0v) is 15.9. The predicted octanol–water partition coefficient (Wildman–Crippen LogP) is 4.36. The van der Waals surface area contributed by atoms with Crippen molar-refractivity contribution >= 4 is 44.0 Å². The van der Waals surface area contributed by atoms with Crippen LogP contribution in [0.25, 0.3) is 0 Å². The zero-order chi connectivity index (χ0) is 16.8. The molecule has 0 aliphatic heterocycles. The Balaban J connectivity index is 1.88. The summed E-state index contributed by atoms with van der Waals surface area (Å²) < 4.78 is 7.29. The molecule has 1 amide bonds. The first kappa shape index (κ1) is 17.7. The van der Waals surface area contributed by atoms with E-state index in [2.05, 4.69) is 42.4 Å². The van der Waals surface area contributed by atoms with E-state index in [1.165, 1.54) is 0 Å². The Labute approximate surface area is 152 Å². The van der Waals surface area contributed by atoms with Crippen molar-refractivity contribution in [1.82, 2.24) is 5.43 Å². The quantitative estimate of drug-likeness (QED) is 0.555. The van der Waals surface area contributed by atoms with Crippen molar-refractivity contribution in [3.05, 3.63) is 62.0 Å². The maximum absolute atomic E-state index is 11.8. The lowest BCUT2D eigenvalue weighted by Gasteiger charge is -2.10. The summed E-state index contributed by atoms with van der Waals surface area (Å²) in [5.74, 6) is 0.328. The molecule has 23 heavy (non-hydrogen) atoms. The van der Waals surface area contributed by atoms with Gasteiger partial charge in [-0.3, -0.25) is 4.79 Å². The molecule has 0 saturated carbocycles. The molecule has 2 aromatic carbocycles. The van der Waals surface area contributed by atoms with Crippen LogP contribution in [0.15, 0.2) is 50.4 Å². The number of carbonyl (C=O) groups excluding carboxylic acids is 1. The van der Waals surface area contributed by atoms with Crippen molar-refractivity contribution in [1.29, 1.82) is 0 Å². The van der Waals surface area contributed by atoms with E-state index in [0.29, 0.717) is 5.75 Å². The van der Waals surface area contributed by atoms with Crippen molar-refractivity contribution in [3.8, 4) is 5.75 Å². The van der Waals surface area contributed by atoms with E-state index in [1.54, 1.807) is 6.21 Å². The van der Waals surface area contributed by atoms with E-state index in [-0.39, 0.29) is 12.5 Å². The number of hydrogen-bond donors (Lipinski definition) is 1. The van der Waals surface area contributed by atoms with Crippen LogP contribution in [0, 0.1) is 13.8 Å². The largest absolute Gasteiger partial charge is 0.482 e. The first-order valence-corrected chi connectivity index (χ1v) is 8.51. The van der Waals surface area contributed by atoms with Gasteiger partial charge in [-0.15, -0.1) is 0 Å². The molecule has 0 aromatic heterocycles. The lowest BCUT2D eigenvalue weighted by molar-refractivity contribution is -0.123. The van der Waals surface area contributed by atoms with Gasteiger partial charge in [-0.05, 0) is 53.0 Å². The number of benzene rings is 2. The standard InChI is InChI=1S/C17H16Br2N2O2/c1-11-4-3-5-13(6-11)9-20-21-16(22)10-23-17-12(2)7-14(18)8-15(17)19/h3-9H,10H2,1-2H3,(H,21,22). The highest BCUT2D eigenvalue weighted by atomic mass is 79.9. The Morgan fingerprint density at radius 2 is 2.04 bits per heavy atom. The molecule has 0 unspecified atom stereocenters. The maximum Gasteiger partial charge on any atom is 0.277 e. The number of amides is 1. The third-order valence-corrected chi connectivity index (χ3v) is 4.03. The third kappa shape index (κ3) is 5.48. The number of nitrogens with zero attached hydrogens (tertiary/aromatic N) is 1. The van der Waals surface area contributed by atoms with Crippen molar-refractivity contribution < 1.29 is 9.53 Å². The molecule has 0 saturated heterocycles. The van der Waals surface area contributed by atoms with Crippen molar-refractivity contribution in [3.63, 3.8) is 0 Å². The SMILES string of the molecule is Cc1cccc(C=NNC(=O)COc2c(C)cc(Br)cc2Br)c1. The van der Waals surface area contributed by atoms with Gasteiger partial charge < -0.3 is 4.74 Å². The fraction of sp³-hybridized carbons (Fsp3) is 0.176. The summed E-state index contributed by atoms with van der Waals surface area (Å²) in [6.07, 6.45) is 1.60. The number of rotatable bonds is 5. The molecule has 0 aliphatic rings. The monoisotopic (exact) mass is 438 g/mol. The van der Waals surface area contributed by atoms with Gasteiger partial charge in [0.05, 0.1) is 10.7 Å². The fourth-order valence-corrected chi connectivity index (χ4v) is 3.52. The first-order chi connectivity index (χ1) is 11.0. The summed E-state index contributed by atoms with van der Waals surface area (Å²) in [5.41, 5.74) is 5.45. The van der Waals surface area contributed by atoms with E-state index in [1.807, 2.05) is 50.2 Å². The average molecular weight is 440 g/mol. The van der Waals surface area contributed by atoms with Crippen LogP contribution in [0.4, 0.5) is 0 Å². The van der Waals surface area contributed by atoms with Gasteiger partial charge in [0.2, 0.25) is 0 Å². The van der Waals surface area contributed by atoms with Crippen LogP contribution < -0.4 is 10.2 Å². The van der Waals surface area contributed by atoms with Crippen LogP contribution >= 0.6 is 31.9 Å². The first-order valence-electron chi connectivity index (χ1n) is 6.92. The molecule has 120 valence electrons.